The van der Waals surface area contributed by atoms with E-state index in [1.807, 2.05) is 25.1 Å². The zero-order valence-electron chi connectivity index (χ0n) is 17.9. The van der Waals surface area contributed by atoms with Gasteiger partial charge in [0.25, 0.3) is 5.91 Å². The van der Waals surface area contributed by atoms with Crippen LogP contribution in [0.25, 0.3) is 6.08 Å². The van der Waals surface area contributed by atoms with Gasteiger partial charge in [0.15, 0.2) is 6.10 Å². The van der Waals surface area contributed by atoms with Crippen LogP contribution < -0.4 is 14.8 Å². The van der Waals surface area contributed by atoms with Crippen molar-refractivity contribution in [3.63, 3.8) is 0 Å². The predicted octanol–water partition coefficient (Wildman–Crippen LogP) is 3.79. The summed E-state index contributed by atoms with van der Waals surface area (Å²) in [5.74, 6) is 0.293. The van der Waals surface area contributed by atoms with Gasteiger partial charge in [-0.2, -0.15) is 0 Å². The number of amides is 1. The van der Waals surface area contributed by atoms with Gasteiger partial charge in [0.05, 0.1) is 14.2 Å². The number of hydrogen-bond acceptors (Lipinski definition) is 5. The van der Waals surface area contributed by atoms with Crippen molar-refractivity contribution in [2.24, 2.45) is 0 Å². The average molecular weight is 411 g/mol. The summed E-state index contributed by atoms with van der Waals surface area (Å²) in [6.45, 7) is 3.49. The van der Waals surface area contributed by atoms with Gasteiger partial charge in [0, 0.05) is 23.7 Å². The molecule has 0 saturated heterocycles. The van der Waals surface area contributed by atoms with Gasteiger partial charge in [-0.15, -0.1) is 0 Å². The fraction of sp³-hybridized carbons (Fsp3) is 0.333. The van der Waals surface area contributed by atoms with Crippen LogP contribution in [0.2, 0.25) is 0 Å². The normalized spacial score (nSPS) is 12.8. The monoisotopic (exact) mass is 411 g/mol. The Morgan fingerprint density at radius 1 is 1.03 bits per heavy atom. The van der Waals surface area contributed by atoms with Crippen molar-refractivity contribution in [2.45, 2.75) is 38.8 Å². The van der Waals surface area contributed by atoms with Gasteiger partial charge in [-0.1, -0.05) is 30.3 Å². The fourth-order valence-electron chi connectivity index (χ4n) is 2.84. The van der Waals surface area contributed by atoms with Gasteiger partial charge in [-0.05, 0) is 50.5 Å². The lowest BCUT2D eigenvalue weighted by Gasteiger charge is -2.17. The molecule has 0 heterocycles. The van der Waals surface area contributed by atoms with Crippen molar-refractivity contribution in [1.29, 1.82) is 0 Å². The van der Waals surface area contributed by atoms with Crippen LogP contribution in [0.15, 0.2) is 54.6 Å². The topological polar surface area (TPSA) is 73.9 Å². The van der Waals surface area contributed by atoms with Crippen molar-refractivity contribution in [3.05, 3.63) is 65.7 Å². The van der Waals surface area contributed by atoms with E-state index in [2.05, 4.69) is 17.4 Å². The lowest BCUT2D eigenvalue weighted by atomic mass is 10.1. The first-order chi connectivity index (χ1) is 14.4. The summed E-state index contributed by atoms with van der Waals surface area (Å²) < 4.78 is 15.7. The summed E-state index contributed by atoms with van der Waals surface area (Å²) >= 11 is 0. The molecule has 6 heteroatoms. The second-order valence-electron chi connectivity index (χ2n) is 6.95. The number of rotatable bonds is 10. The predicted molar refractivity (Wildman–Crippen MR) is 117 cm³/mol. The van der Waals surface area contributed by atoms with Gasteiger partial charge in [0.2, 0.25) is 0 Å². The first-order valence-corrected chi connectivity index (χ1v) is 9.88. The van der Waals surface area contributed by atoms with Crippen LogP contribution in [0.5, 0.6) is 11.5 Å². The number of nitrogens with one attached hydrogen (secondary N) is 1. The molecule has 0 fully saturated rings. The molecule has 0 bridgehead atoms. The molecular weight excluding hydrogens is 382 g/mol. The molecule has 0 unspecified atom stereocenters. The molecule has 2 rings (SSSR count). The average Bonchev–Trinajstić information content (AvgIpc) is 2.76. The number of benzene rings is 2. The third-order valence-electron chi connectivity index (χ3n) is 4.60. The second kappa shape index (κ2) is 11.7. The summed E-state index contributed by atoms with van der Waals surface area (Å²) in [4.78, 5) is 24.4. The Morgan fingerprint density at radius 3 is 2.43 bits per heavy atom. The number of hydrogen-bond donors (Lipinski definition) is 1. The Labute approximate surface area is 177 Å². The molecular formula is C24H29NO5. The Morgan fingerprint density at radius 2 is 1.77 bits per heavy atom. The highest BCUT2D eigenvalue weighted by Gasteiger charge is 2.18. The fourth-order valence-corrected chi connectivity index (χ4v) is 2.84. The first kappa shape index (κ1) is 23.0. The molecule has 160 valence electrons. The maximum Gasteiger partial charge on any atom is 0.331 e. The first-order valence-electron chi connectivity index (χ1n) is 9.88. The van der Waals surface area contributed by atoms with E-state index in [4.69, 9.17) is 14.2 Å². The van der Waals surface area contributed by atoms with E-state index >= 15 is 0 Å². The zero-order chi connectivity index (χ0) is 21.9. The molecule has 0 aliphatic heterocycles. The van der Waals surface area contributed by atoms with Gasteiger partial charge in [0.1, 0.15) is 11.5 Å². The van der Waals surface area contributed by atoms with Crippen LogP contribution in [-0.2, 0) is 20.7 Å². The molecule has 2 aromatic carbocycles. The Bertz CT molecular complexity index is 863. The number of aryl methyl sites for hydroxylation is 1. The minimum atomic E-state index is -0.890. The second-order valence-corrected chi connectivity index (χ2v) is 6.95. The molecule has 0 aliphatic carbocycles. The molecule has 2 aromatic rings. The Kier molecular flexibility index (Phi) is 8.94. The summed E-state index contributed by atoms with van der Waals surface area (Å²) in [7, 11) is 3.10. The highest BCUT2D eigenvalue weighted by molar-refractivity contribution is 5.90. The van der Waals surface area contributed by atoms with Crippen molar-refractivity contribution in [1.82, 2.24) is 5.32 Å². The lowest BCUT2D eigenvalue weighted by Crippen LogP contribution is -2.40. The van der Waals surface area contributed by atoms with Crippen molar-refractivity contribution < 1.29 is 23.8 Å². The molecule has 1 amide bonds. The van der Waals surface area contributed by atoms with E-state index in [0.717, 1.165) is 12.8 Å². The van der Waals surface area contributed by atoms with Gasteiger partial charge >= 0.3 is 5.97 Å². The minimum absolute atomic E-state index is 0.0297. The third kappa shape index (κ3) is 7.28. The van der Waals surface area contributed by atoms with E-state index in [9.17, 15) is 9.59 Å². The largest absolute Gasteiger partial charge is 0.497 e. The maximum absolute atomic E-state index is 12.3. The van der Waals surface area contributed by atoms with E-state index in [1.54, 1.807) is 38.3 Å². The highest BCUT2D eigenvalue weighted by atomic mass is 16.5. The van der Waals surface area contributed by atoms with Gasteiger partial charge in [-0.25, -0.2) is 4.79 Å². The lowest BCUT2D eigenvalue weighted by molar-refractivity contribution is -0.150. The van der Waals surface area contributed by atoms with Gasteiger partial charge < -0.3 is 19.5 Å². The number of carbonyl (C=O) groups excluding carboxylic acids is 2. The molecule has 30 heavy (non-hydrogen) atoms. The number of ether oxygens (including phenoxy) is 3. The van der Waals surface area contributed by atoms with Crippen LogP contribution in [0.4, 0.5) is 0 Å². The summed E-state index contributed by atoms with van der Waals surface area (Å²) in [6, 6.07) is 15.3. The summed E-state index contributed by atoms with van der Waals surface area (Å²) in [5, 5.41) is 2.89. The molecule has 0 spiro atoms. The minimum Gasteiger partial charge on any atom is -0.497 e. The van der Waals surface area contributed by atoms with E-state index in [-0.39, 0.29) is 11.9 Å². The van der Waals surface area contributed by atoms with Crippen molar-refractivity contribution >= 4 is 18.0 Å². The third-order valence-corrected chi connectivity index (χ3v) is 4.60. The number of esters is 1. The molecule has 6 nitrogen and oxygen atoms in total. The summed E-state index contributed by atoms with van der Waals surface area (Å²) in [6.07, 6.45) is 3.62. The standard InChI is InChI=1S/C24H29NO5/c1-17(10-11-19-8-6-5-7-9-19)25-24(27)18(2)30-23(26)15-13-20-12-14-21(28-3)16-22(20)29-4/h5-9,12-18H,10-11H2,1-4H3,(H,25,27)/b15-13+/t17-,18+/m1/s1. The summed E-state index contributed by atoms with van der Waals surface area (Å²) in [5.41, 5.74) is 1.92. The van der Waals surface area contributed by atoms with Crippen LogP contribution in [0, 0.1) is 0 Å². The number of methoxy groups -OCH3 is 2. The quantitative estimate of drug-likeness (QED) is 0.476. The smallest absolute Gasteiger partial charge is 0.331 e. The van der Waals surface area contributed by atoms with Crippen LogP contribution in [-0.4, -0.2) is 38.2 Å². The molecule has 1 N–H and O–H groups in total. The molecule has 0 saturated carbocycles. The van der Waals surface area contributed by atoms with E-state index in [1.165, 1.54) is 18.7 Å². The molecule has 0 aliphatic rings. The highest BCUT2D eigenvalue weighted by Crippen LogP contribution is 2.25. The molecule has 0 radical (unpaired) electrons. The van der Waals surface area contributed by atoms with Crippen LogP contribution in [0.1, 0.15) is 31.4 Å². The molecule has 2 atom stereocenters. The zero-order valence-corrected chi connectivity index (χ0v) is 17.9. The van der Waals surface area contributed by atoms with Crippen LogP contribution in [0.3, 0.4) is 0 Å². The molecule has 0 aromatic heterocycles. The number of carbonyl (C=O) groups is 2. The Balaban J connectivity index is 1.82. The van der Waals surface area contributed by atoms with Crippen LogP contribution >= 0.6 is 0 Å². The SMILES string of the molecule is COc1ccc(/C=C/C(=O)O[C@@H](C)C(=O)N[C@H](C)CCc2ccccc2)c(OC)c1. The Hall–Kier alpha value is -3.28. The van der Waals surface area contributed by atoms with E-state index in [0.29, 0.717) is 17.1 Å². The van der Waals surface area contributed by atoms with Gasteiger partial charge in [-0.3, -0.25) is 4.79 Å². The van der Waals surface area contributed by atoms with Crippen molar-refractivity contribution in [2.75, 3.05) is 14.2 Å². The van der Waals surface area contributed by atoms with E-state index < -0.39 is 12.1 Å². The maximum atomic E-state index is 12.3. The van der Waals surface area contributed by atoms with Crippen molar-refractivity contribution in [3.8, 4) is 11.5 Å².